The zero-order valence-corrected chi connectivity index (χ0v) is 13.3. The Hall–Kier alpha value is -0.690. The van der Waals surface area contributed by atoms with E-state index in [1.165, 1.54) is 0 Å². The van der Waals surface area contributed by atoms with Gasteiger partial charge in [-0.25, -0.2) is 0 Å². The van der Waals surface area contributed by atoms with E-state index in [9.17, 15) is 0 Å². The molecule has 19 heavy (non-hydrogen) atoms. The van der Waals surface area contributed by atoms with Crippen LogP contribution in [0.5, 0.6) is 5.75 Å². The van der Waals surface area contributed by atoms with Gasteiger partial charge >= 0.3 is 0 Å². The number of nitrogens with two attached hydrogens (primary N) is 1. The summed E-state index contributed by atoms with van der Waals surface area (Å²) in [5.41, 5.74) is 6.42. The maximum Gasteiger partial charge on any atom is 0.130 e. The van der Waals surface area contributed by atoms with Gasteiger partial charge in [0, 0.05) is 24.6 Å². The van der Waals surface area contributed by atoms with E-state index in [1.807, 2.05) is 18.2 Å². The van der Waals surface area contributed by atoms with E-state index in [1.54, 1.807) is 7.11 Å². The summed E-state index contributed by atoms with van der Waals surface area (Å²) in [4.78, 5) is 0.318. The van der Waals surface area contributed by atoms with Gasteiger partial charge in [-0.2, -0.15) is 0 Å². The summed E-state index contributed by atoms with van der Waals surface area (Å²) in [7, 11) is 1.65. The molecule has 0 amide bonds. The zero-order chi connectivity index (χ0) is 14.1. The van der Waals surface area contributed by atoms with Crippen LogP contribution in [0.2, 0.25) is 0 Å². The standard InChI is InChI=1S/C13H18BrNO3S/c1-16-8-9-17-6-3-7-18-11-5-2-4-10(14)12(11)13(15)19/h2,4-5H,3,6-9H2,1H3,(H2,15,19). The lowest BCUT2D eigenvalue weighted by molar-refractivity contribution is 0.0644. The van der Waals surface area contributed by atoms with Crippen LogP contribution in [-0.4, -0.2) is 38.5 Å². The Bertz CT molecular complexity index is 415. The van der Waals surface area contributed by atoms with E-state index in [2.05, 4.69) is 15.9 Å². The number of thiocarbonyl (C=S) groups is 1. The molecule has 1 aromatic carbocycles. The highest BCUT2D eigenvalue weighted by molar-refractivity contribution is 9.10. The summed E-state index contributed by atoms with van der Waals surface area (Å²) in [5, 5.41) is 0. The first-order valence-corrected chi connectivity index (χ1v) is 7.14. The van der Waals surface area contributed by atoms with Crippen LogP contribution < -0.4 is 10.5 Å². The van der Waals surface area contributed by atoms with Crippen molar-refractivity contribution in [3.8, 4) is 5.75 Å². The van der Waals surface area contributed by atoms with Crippen molar-refractivity contribution in [3.63, 3.8) is 0 Å². The molecule has 0 aromatic heterocycles. The largest absolute Gasteiger partial charge is 0.493 e. The lowest BCUT2D eigenvalue weighted by atomic mass is 10.2. The minimum atomic E-state index is 0.318. The van der Waals surface area contributed by atoms with Gasteiger partial charge in [0.05, 0.1) is 25.4 Å². The molecule has 0 bridgehead atoms. The minimum absolute atomic E-state index is 0.318. The lowest BCUT2D eigenvalue weighted by Gasteiger charge is -2.12. The third-order valence-corrected chi connectivity index (χ3v) is 3.21. The highest BCUT2D eigenvalue weighted by atomic mass is 79.9. The topological polar surface area (TPSA) is 53.7 Å². The normalized spacial score (nSPS) is 10.4. The van der Waals surface area contributed by atoms with Crippen molar-refractivity contribution in [2.45, 2.75) is 6.42 Å². The fraction of sp³-hybridized carbons (Fsp3) is 0.462. The number of ether oxygens (including phenoxy) is 3. The van der Waals surface area contributed by atoms with Crippen LogP contribution in [0.3, 0.4) is 0 Å². The average molecular weight is 348 g/mol. The third-order valence-electron chi connectivity index (χ3n) is 2.34. The Morgan fingerprint density at radius 2 is 2.05 bits per heavy atom. The number of hydrogen-bond donors (Lipinski definition) is 1. The van der Waals surface area contributed by atoms with Gasteiger partial charge in [0.2, 0.25) is 0 Å². The van der Waals surface area contributed by atoms with E-state index in [4.69, 9.17) is 32.2 Å². The van der Waals surface area contributed by atoms with Crippen LogP contribution in [0.4, 0.5) is 0 Å². The molecule has 0 aliphatic rings. The van der Waals surface area contributed by atoms with Crippen LogP contribution in [0, 0.1) is 0 Å². The second-order valence-electron chi connectivity index (χ2n) is 3.78. The molecule has 1 rings (SSSR count). The summed E-state index contributed by atoms with van der Waals surface area (Å²) in [6.07, 6.45) is 0.799. The second-order valence-corrected chi connectivity index (χ2v) is 5.08. The molecule has 0 aliphatic carbocycles. The summed E-state index contributed by atoms with van der Waals surface area (Å²) in [6.45, 7) is 2.41. The SMILES string of the molecule is COCCOCCCOc1cccc(Br)c1C(N)=S. The molecule has 0 heterocycles. The Balaban J connectivity index is 2.37. The van der Waals surface area contributed by atoms with Gasteiger partial charge in [-0.3, -0.25) is 0 Å². The first-order chi connectivity index (χ1) is 9.16. The number of halogens is 1. The summed E-state index contributed by atoms with van der Waals surface area (Å²) in [5.74, 6) is 0.693. The molecule has 2 N–H and O–H groups in total. The molecule has 0 radical (unpaired) electrons. The Morgan fingerprint density at radius 3 is 2.74 bits per heavy atom. The fourth-order valence-electron chi connectivity index (χ4n) is 1.45. The van der Waals surface area contributed by atoms with Crippen LogP contribution in [0.25, 0.3) is 0 Å². The van der Waals surface area contributed by atoms with Gasteiger partial charge in [0.1, 0.15) is 10.7 Å². The molecule has 0 aliphatic heterocycles. The number of benzene rings is 1. The smallest absolute Gasteiger partial charge is 0.130 e. The Morgan fingerprint density at radius 1 is 1.26 bits per heavy atom. The van der Waals surface area contributed by atoms with Crippen LogP contribution in [0.1, 0.15) is 12.0 Å². The van der Waals surface area contributed by atoms with Crippen LogP contribution in [-0.2, 0) is 9.47 Å². The zero-order valence-electron chi connectivity index (χ0n) is 10.9. The molecule has 0 saturated carbocycles. The van der Waals surface area contributed by atoms with E-state index < -0.39 is 0 Å². The van der Waals surface area contributed by atoms with Gasteiger partial charge in [-0.15, -0.1) is 0 Å². The molecule has 106 valence electrons. The first kappa shape index (κ1) is 16.4. The van der Waals surface area contributed by atoms with Crippen molar-refractivity contribution in [1.82, 2.24) is 0 Å². The molecule has 0 unspecified atom stereocenters. The van der Waals surface area contributed by atoms with Gasteiger partial charge < -0.3 is 19.9 Å². The second kappa shape index (κ2) is 9.25. The summed E-state index contributed by atoms with van der Waals surface area (Å²) in [6, 6.07) is 5.62. The highest BCUT2D eigenvalue weighted by Crippen LogP contribution is 2.26. The van der Waals surface area contributed by atoms with Gasteiger partial charge in [-0.1, -0.05) is 18.3 Å². The molecular weight excluding hydrogens is 330 g/mol. The van der Waals surface area contributed by atoms with E-state index in [0.717, 1.165) is 16.5 Å². The minimum Gasteiger partial charge on any atom is -0.493 e. The first-order valence-electron chi connectivity index (χ1n) is 5.94. The maximum absolute atomic E-state index is 5.68. The van der Waals surface area contributed by atoms with Crippen molar-refractivity contribution in [2.24, 2.45) is 5.73 Å². The fourth-order valence-corrected chi connectivity index (χ4v) is 2.35. The number of methoxy groups -OCH3 is 1. The van der Waals surface area contributed by atoms with E-state index in [0.29, 0.717) is 37.2 Å². The van der Waals surface area contributed by atoms with Crippen molar-refractivity contribution in [3.05, 3.63) is 28.2 Å². The van der Waals surface area contributed by atoms with E-state index >= 15 is 0 Å². The lowest BCUT2D eigenvalue weighted by Crippen LogP contribution is -2.13. The molecular formula is C13H18BrNO3S. The van der Waals surface area contributed by atoms with Gasteiger partial charge in [-0.05, 0) is 28.1 Å². The van der Waals surface area contributed by atoms with Crippen LogP contribution in [0.15, 0.2) is 22.7 Å². The molecule has 6 heteroatoms. The van der Waals surface area contributed by atoms with Crippen molar-refractivity contribution in [2.75, 3.05) is 33.5 Å². The molecule has 1 aromatic rings. The third kappa shape index (κ3) is 5.86. The van der Waals surface area contributed by atoms with Crippen molar-refractivity contribution >= 4 is 33.1 Å². The molecule has 0 saturated heterocycles. The molecule has 0 fully saturated rings. The summed E-state index contributed by atoms with van der Waals surface area (Å²) >= 11 is 8.43. The Kier molecular flexibility index (Phi) is 7.97. The van der Waals surface area contributed by atoms with Crippen molar-refractivity contribution < 1.29 is 14.2 Å². The van der Waals surface area contributed by atoms with Crippen LogP contribution >= 0.6 is 28.1 Å². The van der Waals surface area contributed by atoms with Crippen molar-refractivity contribution in [1.29, 1.82) is 0 Å². The number of hydrogen-bond acceptors (Lipinski definition) is 4. The predicted molar refractivity (Wildman–Crippen MR) is 82.8 cm³/mol. The number of rotatable bonds is 9. The predicted octanol–water partition coefficient (Wildman–Crippen LogP) is 2.52. The van der Waals surface area contributed by atoms with E-state index in [-0.39, 0.29) is 0 Å². The summed E-state index contributed by atoms with van der Waals surface area (Å²) < 4.78 is 16.8. The monoisotopic (exact) mass is 347 g/mol. The Labute approximate surface area is 127 Å². The molecule has 4 nitrogen and oxygen atoms in total. The highest BCUT2D eigenvalue weighted by Gasteiger charge is 2.10. The van der Waals surface area contributed by atoms with Gasteiger partial charge in [0.25, 0.3) is 0 Å². The molecule has 0 atom stereocenters. The molecule has 0 spiro atoms. The quantitative estimate of drug-likeness (QED) is 0.549. The maximum atomic E-state index is 5.68. The van der Waals surface area contributed by atoms with Gasteiger partial charge in [0.15, 0.2) is 0 Å². The average Bonchev–Trinajstić information content (AvgIpc) is 2.37.